The standard InChI is InChI=1S/C23H23N5/c1-2-6-18(7-3-1)14-23-21-17-27(13-10-22(21)25-26-23)16-20-9-5-12-28(20)19-8-4-11-24-15-19/h1-9,11-12,15H,10,13-14,16-17H2,(H,25,26). The van der Waals surface area contributed by atoms with E-state index in [0.717, 1.165) is 38.2 Å². The van der Waals surface area contributed by atoms with Crippen LogP contribution in [0.15, 0.2) is 73.2 Å². The number of pyridine rings is 1. The fraction of sp³-hybridized carbons (Fsp3) is 0.217. The van der Waals surface area contributed by atoms with E-state index in [1.165, 1.54) is 28.2 Å². The lowest BCUT2D eigenvalue weighted by molar-refractivity contribution is 0.240. The fourth-order valence-electron chi connectivity index (χ4n) is 4.00. The van der Waals surface area contributed by atoms with Crippen LogP contribution >= 0.6 is 0 Å². The topological polar surface area (TPSA) is 49.7 Å². The van der Waals surface area contributed by atoms with Gasteiger partial charge in [-0.1, -0.05) is 30.3 Å². The second kappa shape index (κ2) is 7.44. The first-order chi connectivity index (χ1) is 13.9. The molecule has 28 heavy (non-hydrogen) atoms. The van der Waals surface area contributed by atoms with E-state index < -0.39 is 0 Å². The average Bonchev–Trinajstić information content (AvgIpc) is 3.37. The van der Waals surface area contributed by atoms with E-state index in [9.17, 15) is 0 Å². The molecule has 0 unspecified atom stereocenters. The number of aromatic nitrogens is 4. The summed E-state index contributed by atoms with van der Waals surface area (Å²) in [5, 5.41) is 7.90. The van der Waals surface area contributed by atoms with Gasteiger partial charge in [0, 0.05) is 61.8 Å². The first-order valence-corrected chi connectivity index (χ1v) is 9.75. The van der Waals surface area contributed by atoms with Crippen molar-refractivity contribution in [1.29, 1.82) is 0 Å². The third-order valence-corrected chi connectivity index (χ3v) is 5.46. The molecule has 1 aromatic carbocycles. The molecule has 3 aromatic heterocycles. The van der Waals surface area contributed by atoms with Gasteiger partial charge in [0.25, 0.3) is 0 Å². The predicted octanol–water partition coefficient (Wildman–Crippen LogP) is 3.74. The van der Waals surface area contributed by atoms with Crippen LogP contribution in [-0.4, -0.2) is 31.2 Å². The molecule has 0 fully saturated rings. The molecule has 5 heteroatoms. The predicted molar refractivity (Wildman–Crippen MR) is 109 cm³/mol. The first kappa shape index (κ1) is 17.0. The molecule has 0 saturated heterocycles. The van der Waals surface area contributed by atoms with E-state index >= 15 is 0 Å². The Morgan fingerprint density at radius 1 is 1.00 bits per heavy atom. The Hall–Kier alpha value is -3.18. The van der Waals surface area contributed by atoms with Gasteiger partial charge >= 0.3 is 0 Å². The summed E-state index contributed by atoms with van der Waals surface area (Å²) in [5.74, 6) is 0. The largest absolute Gasteiger partial charge is 0.318 e. The summed E-state index contributed by atoms with van der Waals surface area (Å²) in [4.78, 5) is 6.76. The van der Waals surface area contributed by atoms with Crippen molar-refractivity contribution in [3.05, 3.63) is 101 Å². The molecule has 0 radical (unpaired) electrons. The van der Waals surface area contributed by atoms with Crippen molar-refractivity contribution in [3.8, 4) is 5.69 Å². The molecule has 0 saturated carbocycles. The van der Waals surface area contributed by atoms with E-state index in [-0.39, 0.29) is 0 Å². The van der Waals surface area contributed by atoms with Gasteiger partial charge in [-0.05, 0) is 29.8 Å². The van der Waals surface area contributed by atoms with Crippen LogP contribution in [0.25, 0.3) is 5.69 Å². The summed E-state index contributed by atoms with van der Waals surface area (Å²) in [6.45, 7) is 2.89. The van der Waals surface area contributed by atoms with E-state index in [1.807, 2.05) is 18.5 Å². The summed E-state index contributed by atoms with van der Waals surface area (Å²) >= 11 is 0. The minimum absolute atomic E-state index is 0.882. The average molecular weight is 369 g/mol. The molecule has 4 heterocycles. The minimum atomic E-state index is 0.882. The van der Waals surface area contributed by atoms with Gasteiger partial charge in [0.15, 0.2) is 0 Å². The number of hydrogen-bond donors (Lipinski definition) is 1. The maximum atomic E-state index is 4.62. The second-order valence-electron chi connectivity index (χ2n) is 7.33. The summed E-state index contributed by atoms with van der Waals surface area (Å²) in [6, 6.07) is 19.0. The Bertz CT molecular complexity index is 1050. The number of rotatable bonds is 5. The molecule has 0 bridgehead atoms. The normalized spacial score (nSPS) is 14.1. The monoisotopic (exact) mass is 369 g/mol. The lowest BCUT2D eigenvalue weighted by atomic mass is 10.0. The Kier molecular flexibility index (Phi) is 4.51. The molecule has 1 aliphatic heterocycles. The van der Waals surface area contributed by atoms with Crippen molar-refractivity contribution in [2.24, 2.45) is 0 Å². The van der Waals surface area contributed by atoms with Gasteiger partial charge in [-0.15, -0.1) is 0 Å². The zero-order valence-electron chi connectivity index (χ0n) is 15.8. The van der Waals surface area contributed by atoms with Gasteiger partial charge in [0.1, 0.15) is 0 Å². The number of hydrogen-bond acceptors (Lipinski definition) is 3. The summed E-state index contributed by atoms with van der Waals surface area (Å²) in [7, 11) is 0. The maximum Gasteiger partial charge on any atom is 0.0713 e. The van der Waals surface area contributed by atoms with Crippen LogP contribution < -0.4 is 0 Å². The molecule has 5 rings (SSSR count). The maximum absolute atomic E-state index is 4.62. The van der Waals surface area contributed by atoms with Gasteiger partial charge in [-0.2, -0.15) is 5.10 Å². The highest BCUT2D eigenvalue weighted by Crippen LogP contribution is 2.24. The first-order valence-electron chi connectivity index (χ1n) is 9.75. The van der Waals surface area contributed by atoms with Crippen molar-refractivity contribution >= 4 is 0 Å². The van der Waals surface area contributed by atoms with Gasteiger partial charge < -0.3 is 4.57 Å². The lowest BCUT2D eigenvalue weighted by Crippen LogP contribution is -2.31. The number of H-pyrrole nitrogens is 1. The number of nitrogens with one attached hydrogen (secondary N) is 1. The van der Waals surface area contributed by atoms with E-state index in [0.29, 0.717) is 0 Å². The molecule has 0 spiro atoms. The van der Waals surface area contributed by atoms with E-state index in [2.05, 4.69) is 79.4 Å². The van der Waals surface area contributed by atoms with Crippen LogP contribution in [0.3, 0.4) is 0 Å². The molecule has 5 nitrogen and oxygen atoms in total. The van der Waals surface area contributed by atoms with E-state index in [1.54, 1.807) is 0 Å². The number of fused-ring (bicyclic) bond motifs is 1. The molecule has 0 amide bonds. The summed E-state index contributed by atoms with van der Waals surface area (Å²) < 4.78 is 2.22. The van der Waals surface area contributed by atoms with Gasteiger partial charge in [0.05, 0.1) is 17.6 Å². The number of aromatic amines is 1. The van der Waals surface area contributed by atoms with Gasteiger partial charge in [-0.25, -0.2) is 0 Å². The Morgan fingerprint density at radius 3 is 2.79 bits per heavy atom. The smallest absolute Gasteiger partial charge is 0.0713 e. The van der Waals surface area contributed by atoms with Crippen LogP contribution in [0.1, 0.15) is 28.2 Å². The zero-order chi connectivity index (χ0) is 18.8. The summed E-state index contributed by atoms with van der Waals surface area (Å²) in [6.07, 6.45) is 7.73. The van der Waals surface area contributed by atoms with Crippen LogP contribution in [0.5, 0.6) is 0 Å². The molecule has 1 N–H and O–H groups in total. The Morgan fingerprint density at radius 2 is 1.93 bits per heavy atom. The molecule has 4 aromatic rings. The third-order valence-electron chi connectivity index (χ3n) is 5.46. The Labute approximate surface area is 164 Å². The minimum Gasteiger partial charge on any atom is -0.318 e. The van der Waals surface area contributed by atoms with Gasteiger partial charge in [-0.3, -0.25) is 15.0 Å². The Balaban J connectivity index is 1.35. The van der Waals surface area contributed by atoms with Crippen molar-refractivity contribution < 1.29 is 0 Å². The number of nitrogens with zero attached hydrogens (tertiary/aromatic N) is 4. The van der Waals surface area contributed by atoms with Gasteiger partial charge in [0.2, 0.25) is 0 Å². The molecular weight excluding hydrogens is 346 g/mol. The van der Waals surface area contributed by atoms with Crippen LogP contribution in [0.4, 0.5) is 0 Å². The molecular formula is C23H23N5. The zero-order valence-corrected chi connectivity index (χ0v) is 15.8. The highest BCUT2D eigenvalue weighted by Gasteiger charge is 2.22. The molecule has 0 atom stereocenters. The molecule has 0 aliphatic carbocycles. The van der Waals surface area contributed by atoms with Crippen LogP contribution in [0, 0.1) is 0 Å². The third kappa shape index (κ3) is 3.37. The highest BCUT2D eigenvalue weighted by atomic mass is 15.2. The SMILES string of the molecule is c1ccc(Cc2n[nH]c3c2CN(Cc2cccn2-c2cccnc2)CC3)cc1. The van der Waals surface area contributed by atoms with E-state index in [4.69, 9.17) is 0 Å². The highest BCUT2D eigenvalue weighted by molar-refractivity contribution is 5.34. The van der Waals surface area contributed by atoms with Crippen molar-refractivity contribution in [2.45, 2.75) is 25.9 Å². The summed E-state index contributed by atoms with van der Waals surface area (Å²) in [5.41, 5.74) is 7.53. The van der Waals surface area contributed by atoms with Crippen molar-refractivity contribution in [1.82, 2.24) is 24.6 Å². The number of benzene rings is 1. The quantitative estimate of drug-likeness (QED) is 0.583. The van der Waals surface area contributed by atoms with Crippen molar-refractivity contribution in [2.75, 3.05) is 6.54 Å². The molecule has 140 valence electrons. The molecule has 1 aliphatic rings. The van der Waals surface area contributed by atoms with Crippen LogP contribution in [0.2, 0.25) is 0 Å². The second-order valence-corrected chi connectivity index (χ2v) is 7.33. The van der Waals surface area contributed by atoms with Crippen molar-refractivity contribution in [3.63, 3.8) is 0 Å². The lowest BCUT2D eigenvalue weighted by Gasteiger charge is -2.27. The van der Waals surface area contributed by atoms with Crippen LogP contribution in [-0.2, 0) is 25.9 Å². The fourth-order valence-corrected chi connectivity index (χ4v) is 4.00.